The number of hydrogen-bond acceptors (Lipinski definition) is 4. The summed E-state index contributed by atoms with van der Waals surface area (Å²) in [6.45, 7) is 4.04. The highest BCUT2D eigenvalue weighted by atomic mass is 16.5. The van der Waals surface area contributed by atoms with Crippen LogP contribution in [0, 0.1) is 13.8 Å². The van der Waals surface area contributed by atoms with Crippen molar-refractivity contribution in [3.05, 3.63) is 72.1 Å². The Balaban J connectivity index is 1.64. The molecule has 0 aliphatic heterocycles. The van der Waals surface area contributed by atoms with Crippen molar-refractivity contribution in [3.63, 3.8) is 0 Å². The molecule has 29 heavy (non-hydrogen) atoms. The van der Waals surface area contributed by atoms with E-state index in [9.17, 15) is 4.79 Å². The summed E-state index contributed by atoms with van der Waals surface area (Å²) >= 11 is 0. The molecule has 2 aromatic heterocycles. The number of carbonyl (C=O) groups excluding carboxylic acids is 1. The number of nitrogens with zero attached hydrogens (tertiary/aromatic N) is 3. The van der Waals surface area contributed by atoms with Gasteiger partial charge in [0.2, 0.25) is 5.91 Å². The van der Waals surface area contributed by atoms with Crippen LogP contribution in [-0.4, -0.2) is 27.8 Å². The fourth-order valence-corrected chi connectivity index (χ4v) is 3.38. The average molecular weight is 386 g/mol. The van der Waals surface area contributed by atoms with Crippen LogP contribution in [0.15, 0.2) is 60.8 Å². The van der Waals surface area contributed by atoms with Crippen LogP contribution in [0.3, 0.4) is 0 Å². The van der Waals surface area contributed by atoms with Gasteiger partial charge in [-0.15, -0.1) is 0 Å². The Morgan fingerprint density at radius 1 is 1.03 bits per heavy atom. The number of nitrogens with one attached hydrogen (secondary N) is 1. The summed E-state index contributed by atoms with van der Waals surface area (Å²) in [6.07, 6.45) is 1.75. The second kappa shape index (κ2) is 7.75. The molecule has 0 saturated heterocycles. The van der Waals surface area contributed by atoms with Crippen molar-refractivity contribution in [2.24, 2.45) is 0 Å². The highest BCUT2D eigenvalue weighted by Gasteiger charge is 2.16. The van der Waals surface area contributed by atoms with Gasteiger partial charge in [-0.2, -0.15) is 5.10 Å². The van der Waals surface area contributed by atoms with E-state index >= 15 is 0 Å². The normalized spacial score (nSPS) is 10.9. The summed E-state index contributed by atoms with van der Waals surface area (Å²) in [5.41, 5.74) is 5.51. The summed E-state index contributed by atoms with van der Waals surface area (Å²) in [5.74, 6) is 0.661. The number of amides is 1. The van der Waals surface area contributed by atoms with Crippen LogP contribution in [0.2, 0.25) is 0 Å². The molecular formula is C23H22N4O2. The zero-order chi connectivity index (χ0) is 20.4. The first-order chi connectivity index (χ1) is 14.0. The van der Waals surface area contributed by atoms with Crippen molar-refractivity contribution in [2.45, 2.75) is 20.4 Å². The lowest BCUT2D eigenvalue weighted by Crippen LogP contribution is -2.19. The Morgan fingerprint density at radius 2 is 1.76 bits per heavy atom. The number of hydrogen-bond donors (Lipinski definition) is 1. The van der Waals surface area contributed by atoms with Crippen LogP contribution in [0.4, 0.5) is 5.69 Å². The molecule has 0 aliphatic rings. The molecular weight excluding hydrogens is 364 g/mol. The molecule has 146 valence electrons. The highest BCUT2D eigenvalue weighted by molar-refractivity contribution is 5.96. The van der Waals surface area contributed by atoms with Crippen molar-refractivity contribution >= 4 is 22.6 Å². The fourth-order valence-electron chi connectivity index (χ4n) is 3.38. The van der Waals surface area contributed by atoms with Gasteiger partial charge in [0.1, 0.15) is 12.3 Å². The molecule has 2 aromatic carbocycles. The third-order valence-corrected chi connectivity index (χ3v) is 4.84. The number of aryl methyl sites for hydroxylation is 2. The number of fused-ring (bicyclic) bond motifs is 1. The van der Waals surface area contributed by atoms with Crippen LogP contribution < -0.4 is 10.1 Å². The van der Waals surface area contributed by atoms with Crippen LogP contribution >= 0.6 is 0 Å². The lowest BCUT2D eigenvalue weighted by Gasteiger charge is -2.07. The maximum atomic E-state index is 12.5. The smallest absolute Gasteiger partial charge is 0.246 e. The van der Waals surface area contributed by atoms with E-state index in [4.69, 9.17) is 4.74 Å². The predicted molar refractivity (Wildman–Crippen MR) is 114 cm³/mol. The standard InChI is InChI=1S/C23H22N4O2/c1-15-4-8-18(9-5-15)25-21(28)14-27-23-22(16(2)26-27)20(12-13-24-23)17-6-10-19(29-3)11-7-17/h4-13H,14H2,1-3H3,(H,25,28). The van der Waals surface area contributed by atoms with Crippen molar-refractivity contribution < 1.29 is 9.53 Å². The first-order valence-corrected chi connectivity index (χ1v) is 9.38. The predicted octanol–water partition coefficient (Wildman–Crippen LogP) is 4.36. The maximum Gasteiger partial charge on any atom is 0.246 e. The first kappa shape index (κ1) is 18.7. The number of aromatic nitrogens is 3. The van der Waals surface area contributed by atoms with E-state index < -0.39 is 0 Å². The SMILES string of the molecule is COc1ccc(-c2ccnc3c2c(C)nn3CC(=O)Nc2ccc(C)cc2)cc1. The fraction of sp³-hybridized carbons (Fsp3) is 0.174. The topological polar surface area (TPSA) is 69.0 Å². The summed E-state index contributed by atoms with van der Waals surface area (Å²) in [4.78, 5) is 17.0. The van der Waals surface area contributed by atoms with E-state index in [2.05, 4.69) is 15.4 Å². The highest BCUT2D eigenvalue weighted by Crippen LogP contribution is 2.30. The average Bonchev–Trinajstić information content (AvgIpc) is 3.05. The molecule has 0 bridgehead atoms. The molecule has 6 heteroatoms. The Bertz CT molecular complexity index is 1160. The second-order valence-electron chi connectivity index (χ2n) is 6.94. The molecule has 0 unspecified atom stereocenters. The second-order valence-corrected chi connectivity index (χ2v) is 6.94. The molecule has 6 nitrogen and oxygen atoms in total. The summed E-state index contributed by atoms with van der Waals surface area (Å²) in [7, 11) is 1.65. The van der Waals surface area contributed by atoms with Gasteiger partial charge in [0.05, 0.1) is 12.8 Å². The molecule has 0 atom stereocenters. The molecule has 0 spiro atoms. The van der Waals surface area contributed by atoms with Crippen LogP contribution in [0.5, 0.6) is 5.75 Å². The summed E-state index contributed by atoms with van der Waals surface area (Å²) in [5, 5.41) is 8.43. The molecule has 4 aromatic rings. The minimum Gasteiger partial charge on any atom is -0.497 e. The zero-order valence-electron chi connectivity index (χ0n) is 16.6. The van der Waals surface area contributed by atoms with E-state index in [1.54, 1.807) is 18.0 Å². The third kappa shape index (κ3) is 3.82. The van der Waals surface area contributed by atoms with E-state index in [1.807, 2.05) is 68.4 Å². The number of rotatable bonds is 5. The number of pyridine rings is 1. The van der Waals surface area contributed by atoms with Crippen molar-refractivity contribution in [3.8, 4) is 16.9 Å². The van der Waals surface area contributed by atoms with E-state index in [0.717, 1.165) is 39.2 Å². The Morgan fingerprint density at radius 3 is 2.45 bits per heavy atom. The van der Waals surface area contributed by atoms with E-state index in [0.29, 0.717) is 5.65 Å². The molecule has 0 fully saturated rings. The minimum atomic E-state index is -0.144. The third-order valence-electron chi connectivity index (χ3n) is 4.84. The molecule has 0 radical (unpaired) electrons. The summed E-state index contributed by atoms with van der Waals surface area (Å²) < 4.78 is 6.90. The van der Waals surface area contributed by atoms with Gasteiger partial charge in [0.15, 0.2) is 5.65 Å². The van der Waals surface area contributed by atoms with E-state index in [-0.39, 0.29) is 12.5 Å². The molecule has 0 aliphatic carbocycles. The van der Waals surface area contributed by atoms with Crippen molar-refractivity contribution in [1.82, 2.24) is 14.8 Å². The lowest BCUT2D eigenvalue weighted by atomic mass is 10.0. The van der Waals surface area contributed by atoms with Crippen LogP contribution in [0.25, 0.3) is 22.2 Å². The molecule has 0 saturated carbocycles. The van der Waals surface area contributed by atoms with Gasteiger partial charge in [-0.1, -0.05) is 29.8 Å². The van der Waals surface area contributed by atoms with Gasteiger partial charge < -0.3 is 10.1 Å². The molecule has 4 rings (SSSR count). The van der Waals surface area contributed by atoms with E-state index in [1.165, 1.54) is 0 Å². The largest absolute Gasteiger partial charge is 0.497 e. The van der Waals surface area contributed by atoms with Gasteiger partial charge in [0.25, 0.3) is 0 Å². The number of carbonyl (C=O) groups is 1. The Hall–Kier alpha value is -3.67. The minimum absolute atomic E-state index is 0.0945. The Labute approximate surface area is 169 Å². The zero-order valence-corrected chi connectivity index (χ0v) is 16.6. The molecule has 1 N–H and O–H groups in total. The van der Waals surface area contributed by atoms with Crippen LogP contribution in [0.1, 0.15) is 11.3 Å². The monoisotopic (exact) mass is 386 g/mol. The van der Waals surface area contributed by atoms with Crippen molar-refractivity contribution in [1.29, 1.82) is 0 Å². The molecule has 2 heterocycles. The quantitative estimate of drug-likeness (QED) is 0.553. The van der Waals surface area contributed by atoms with Crippen molar-refractivity contribution in [2.75, 3.05) is 12.4 Å². The first-order valence-electron chi connectivity index (χ1n) is 9.38. The van der Waals surface area contributed by atoms with Gasteiger partial charge in [-0.25, -0.2) is 9.67 Å². The number of anilines is 1. The van der Waals surface area contributed by atoms with Gasteiger partial charge in [0, 0.05) is 17.3 Å². The summed E-state index contributed by atoms with van der Waals surface area (Å²) in [6, 6.07) is 17.5. The van der Waals surface area contributed by atoms with Gasteiger partial charge >= 0.3 is 0 Å². The maximum absolute atomic E-state index is 12.5. The Kier molecular flexibility index (Phi) is 4.99. The van der Waals surface area contributed by atoms with Crippen LogP contribution in [-0.2, 0) is 11.3 Å². The number of ether oxygens (including phenoxy) is 1. The number of methoxy groups -OCH3 is 1. The molecule has 1 amide bonds. The lowest BCUT2D eigenvalue weighted by molar-refractivity contribution is -0.116. The van der Waals surface area contributed by atoms with Gasteiger partial charge in [-0.3, -0.25) is 4.79 Å². The van der Waals surface area contributed by atoms with Gasteiger partial charge in [-0.05, 0) is 55.3 Å². The number of benzene rings is 2.